The molecule has 1 aromatic rings. The predicted octanol–water partition coefficient (Wildman–Crippen LogP) is 3.77. The van der Waals surface area contributed by atoms with Crippen molar-refractivity contribution in [2.45, 2.75) is 38.5 Å². The summed E-state index contributed by atoms with van der Waals surface area (Å²) in [5.41, 5.74) is 0. The van der Waals surface area contributed by atoms with E-state index in [1.165, 1.54) is 38.6 Å². The second kappa shape index (κ2) is 8.34. The maximum absolute atomic E-state index is 12.3. The highest BCUT2D eigenvalue weighted by atomic mass is 16.6. The number of ether oxygens (including phenoxy) is 1. The maximum Gasteiger partial charge on any atom is 0.415 e. The van der Waals surface area contributed by atoms with Gasteiger partial charge in [-0.15, -0.1) is 0 Å². The fourth-order valence-electron chi connectivity index (χ4n) is 3.72. The topological polar surface area (TPSA) is 32.8 Å². The van der Waals surface area contributed by atoms with E-state index in [2.05, 4.69) is 4.90 Å². The van der Waals surface area contributed by atoms with E-state index in [1.807, 2.05) is 35.2 Å². The smallest absolute Gasteiger partial charge is 0.410 e. The van der Waals surface area contributed by atoms with Crippen LogP contribution in [0.2, 0.25) is 0 Å². The minimum Gasteiger partial charge on any atom is -0.410 e. The van der Waals surface area contributed by atoms with E-state index in [-0.39, 0.29) is 6.09 Å². The van der Waals surface area contributed by atoms with Crippen LogP contribution < -0.4 is 4.74 Å². The molecule has 126 valence electrons. The molecule has 1 amide bonds. The zero-order chi connectivity index (χ0) is 15.9. The van der Waals surface area contributed by atoms with Crippen LogP contribution in [0.4, 0.5) is 4.79 Å². The Balaban J connectivity index is 1.46. The molecule has 23 heavy (non-hydrogen) atoms. The maximum atomic E-state index is 12.3. The van der Waals surface area contributed by atoms with Gasteiger partial charge in [-0.2, -0.15) is 0 Å². The molecule has 1 aliphatic carbocycles. The van der Waals surface area contributed by atoms with E-state index in [9.17, 15) is 4.79 Å². The highest BCUT2D eigenvalue weighted by molar-refractivity contribution is 5.70. The van der Waals surface area contributed by atoms with Crippen LogP contribution in [0.3, 0.4) is 0 Å². The fraction of sp³-hybridized carbons (Fsp3) is 0.632. The first-order valence-corrected chi connectivity index (χ1v) is 9.05. The number of amides is 1. The molecule has 1 heterocycles. The van der Waals surface area contributed by atoms with Gasteiger partial charge in [0.25, 0.3) is 0 Å². The SMILES string of the molecule is O=C(Oc1ccccc1)N1CCCN(CC2CCCCC2)CC1. The number of hydrogen-bond acceptors (Lipinski definition) is 3. The van der Waals surface area contributed by atoms with E-state index in [4.69, 9.17) is 4.74 Å². The van der Waals surface area contributed by atoms with Crippen LogP contribution in [0.15, 0.2) is 30.3 Å². The number of nitrogens with zero attached hydrogens (tertiary/aromatic N) is 2. The van der Waals surface area contributed by atoms with Crippen molar-refractivity contribution in [3.8, 4) is 5.75 Å². The van der Waals surface area contributed by atoms with Crippen LogP contribution in [0.1, 0.15) is 38.5 Å². The van der Waals surface area contributed by atoms with Crippen molar-refractivity contribution >= 4 is 6.09 Å². The Morgan fingerprint density at radius 2 is 1.74 bits per heavy atom. The Labute approximate surface area is 139 Å². The van der Waals surface area contributed by atoms with Crippen molar-refractivity contribution in [1.29, 1.82) is 0 Å². The van der Waals surface area contributed by atoms with Crippen molar-refractivity contribution in [1.82, 2.24) is 9.80 Å². The molecule has 4 heteroatoms. The van der Waals surface area contributed by atoms with Crippen molar-refractivity contribution in [3.63, 3.8) is 0 Å². The molecule has 0 aromatic heterocycles. The lowest BCUT2D eigenvalue weighted by Gasteiger charge is -2.28. The molecule has 0 bridgehead atoms. The number of carbonyl (C=O) groups excluding carboxylic acids is 1. The molecule has 2 fully saturated rings. The molecule has 0 unspecified atom stereocenters. The van der Waals surface area contributed by atoms with Crippen LogP contribution in [0.25, 0.3) is 0 Å². The first-order valence-electron chi connectivity index (χ1n) is 9.05. The average Bonchev–Trinajstić information content (AvgIpc) is 2.82. The molecular formula is C19H28N2O2. The Morgan fingerprint density at radius 3 is 2.52 bits per heavy atom. The van der Waals surface area contributed by atoms with Gasteiger partial charge >= 0.3 is 6.09 Å². The summed E-state index contributed by atoms with van der Waals surface area (Å²) in [6.07, 6.45) is 7.80. The van der Waals surface area contributed by atoms with E-state index < -0.39 is 0 Å². The lowest BCUT2D eigenvalue weighted by atomic mass is 9.89. The Morgan fingerprint density at radius 1 is 0.957 bits per heavy atom. The van der Waals surface area contributed by atoms with Gasteiger partial charge in [0.15, 0.2) is 0 Å². The first kappa shape index (κ1) is 16.3. The lowest BCUT2D eigenvalue weighted by molar-refractivity contribution is 0.151. The summed E-state index contributed by atoms with van der Waals surface area (Å²) in [6, 6.07) is 9.34. The highest BCUT2D eigenvalue weighted by Crippen LogP contribution is 2.24. The lowest BCUT2D eigenvalue weighted by Crippen LogP contribution is -2.38. The summed E-state index contributed by atoms with van der Waals surface area (Å²) in [6.45, 7) is 4.86. The molecular weight excluding hydrogens is 288 g/mol. The Hall–Kier alpha value is -1.55. The number of hydrogen-bond donors (Lipinski definition) is 0. The summed E-state index contributed by atoms with van der Waals surface area (Å²) in [7, 11) is 0. The normalized spacial score (nSPS) is 21.0. The van der Waals surface area contributed by atoms with Gasteiger partial charge in [0.1, 0.15) is 5.75 Å². The van der Waals surface area contributed by atoms with Crippen molar-refractivity contribution in [2.24, 2.45) is 5.92 Å². The highest BCUT2D eigenvalue weighted by Gasteiger charge is 2.23. The van der Waals surface area contributed by atoms with E-state index in [0.29, 0.717) is 5.75 Å². The summed E-state index contributed by atoms with van der Waals surface area (Å²) >= 11 is 0. The van der Waals surface area contributed by atoms with Gasteiger partial charge in [0.05, 0.1) is 0 Å². The third-order valence-electron chi connectivity index (χ3n) is 5.04. The van der Waals surface area contributed by atoms with E-state index >= 15 is 0 Å². The van der Waals surface area contributed by atoms with E-state index in [1.54, 1.807) is 0 Å². The van der Waals surface area contributed by atoms with Crippen LogP contribution >= 0.6 is 0 Å². The van der Waals surface area contributed by atoms with Gasteiger partial charge in [0.2, 0.25) is 0 Å². The molecule has 2 aliphatic rings. The summed E-state index contributed by atoms with van der Waals surface area (Å²) in [5, 5.41) is 0. The second-order valence-electron chi connectivity index (χ2n) is 6.83. The molecule has 1 saturated heterocycles. The zero-order valence-electron chi connectivity index (χ0n) is 14.0. The summed E-state index contributed by atoms with van der Waals surface area (Å²) in [5.74, 6) is 1.49. The Bertz CT molecular complexity index is 485. The quantitative estimate of drug-likeness (QED) is 0.851. The van der Waals surface area contributed by atoms with E-state index in [0.717, 1.165) is 38.5 Å². The van der Waals surface area contributed by atoms with Crippen molar-refractivity contribution in [3.05, 3.63) is 30.3 Å². The Kier molecular flexibility index (Phi) is 5.92. The van der Waals surface area contributed by atoms with Crippen molar-refractivity contribution < 1.29 is 9.53 Å². The molecule has 3 rings (SSSR count). The monoisotopic (exact) mass is 316 g/mol. The zero-order valence-corrected chi connectivity index (χ0v) is 14.0. The minimum atomic E-state index is -0.212. The number of benzene rings is 1. The molecule has 1 saturated carbocycles. The van der Waals surface area contributed by atoms with Crippen molar-refractivity contribution in [2.75, 3.05) is 32.7 Å². The number of carbonyl (C=O) groups is 1. The molecule has 1 aliphatic heterocycles. The minimum absolute atomic E-state index is 0.212. The largest absolute Gasteiger partial charge is 0.415 e. The third kappa shape index (κ3) is 4.96. The first-order chi connectivity index (χ1) is 11.3. The third-order valence-corrected chi connectivity index (χ3v) is 5.04. The summed E-state index contributed by atoms with van der Waals surface area (Å²) < 4.78 is 5.46. The molecule has 0 spiro atoms. The molecule has 0 atom stereocenters. The predicted molar refractivity (Wildman–Crippen MR) is 91.7 cm³/mol. The number of para-hydroxylation sites is 1. The van der Waals surface area contributed by atoms with Crippen LogP contribution in [-0.2, 0) is 0 Å². The van der Waals surface area contributed by atoms with Gasteiger partial charge < -0.3 is 14.5 Å². The van der Waals surface area contributed by atoms with Gasteiger partial charge in [0, 0.05) is 26.2 Å². The summed E-state index contributed by atoms with van der Waals surface area (Å²) in [4.78, 5) is 16.7. The van der Waals surface area contributed by atoms with Gasteiger partial charge in [-0.25, -0.2) is 4.79 Å². The number of rotatable bonds is 3. The molecule has 4 nitrogen and oxygen atoms in total. The van der Waals surface area contributed by atoms with Gasteiger partial charge in [-0.1, -0.05) is 37.5 Å². The van der Waals surface area contributed by atoms with Crippen LogP contribution in [0.5, 0.6) is 5.75 Å². The van der Waals surface area contributed by atoms with Crippen LogP contribution in [0, 0.1) is 5.92 Å². The second-order valence-corrected chi connectivity index (χ2v) is 6.83. The standard InChI is InChI=1S/C19H28N2O2/c22-19(23-18-10-5-2-6-11-18)21-13-7-12-20(14-15-21)16-17-8-3-1-4-9-17/h2,5-6,10-11,17H,1,3-4,7-9,12-16H2. The van der Waals surface area contributed by atoms with Crippen LogP contribution in [-0.4, -0.2) is 48.6 Å². The molecule has 1 aromatic carbocycles. The molecule has 0 radical (unpaired) electrons. The average molecular weight is 316 g/mol. The van der Waals surface area contributed by atoms with Gasteiger partial charge in [-0.3, -0.25) is 0 Å². The van der Waals surface area contributed by atoms with Gasteiger partial charge in [-0.05, 0) is 43.9 Å². The fourth-order valence-corrected chi connectivity index (χ4v) is 3.72. The molecule has 0 N–H and O–H groups in total.